The lowest BCUT2D eigenvalue weighted by atomic mass is 10.0. The van der Waals surface area contributed by atoms with Gasteiger partial charge in [-0.05, 0) is 46.2 Å². The highest BCUT2D eigenvalue weighted by atomic mass is 28.4. The van der Waals surface area contributed by atoms with Crippen LogP contribution >= 0.6 is 0 Å². The molecule has 0 aliphatic carbocycles. The third-order valence-corrected chi connectivity index (χ3v) is 7.69. The van der Waals surface area contributed by atoms with Crippen LogP contribution in [0.15, 0.2) is 0 Å². The van der Waals surface area contributed by atoms with E-state index in [-0.39, 0.29) is 0 Å². The minimum Gasteiger partial charge on any atom is -0.394 e. The molecule has 0 radical (unpaired) electrons. The van der Waals surface area contributed by atoms with Crippen LogP contribution in [0.2, 0.25) is 12.1 Å². The van der Waals surface area contributed by atoms with Crippen LogP contribution in [0.1, 0.15) is 46.5 Å². The summed E-state index contributed by atoms with van der Waals surface area (Å²) in [6.45, 7) is 11.4. The van der Waals surface area contributed by atoms with Crippen molar-refractivity contribution in [2.24, 2.45) is 0 Å². The smallest absolute Gasteiger partial charge is 0.339 e. The molecule has 1 heterocycles. The molecule has 0 saturated carbocycles. The van der Waals surface area contributed by atoms with E-state index < -0.39 is 8.56 Å². The summed E-state index contributed by atoms with van der Waals surface area (Å²) in [4.78, 5) is 0. The predicted octanol–water partition coefficient (Wildman–Crippen LogP) is 3.05. The molecule has 1 saturated heterocycles. The molecule has 4 heteroatoms. The molecular weight excluding hydrogens is 230 g/mol. The number of nitrogens with one attached hydrogen (secondary N) is 1. The molecule has 2 unspecified atom stereocenters. The van der Waals surface area contributed by atoms with Crippen molar-refractivity contribution in [3.8, 4) is 0 Å². The summed E-state index contributed by atoms with van der Waals surface area (Å²) < 4.78 is 12.1. The molecule has 0 amide bonds. The summed E-state index contributed by atoms with van der Waals surface area (Å²) in [6, 6.07) is 0.600. The van der Waals surface area contributed by atoms with Gasteiger partial charge in [-0.2, -0.15) is 0 Å². The summed E-state index contributed by atoms with van der Waals surface area (Å²) in [5, 5.41) is 3.67. The lowest BCUT2D eigenvalue weighted by Crippen LogP contribution is -2.52. The monoisotopic (exact) mass is 259 g/mol. The number of rotatable bonds is 7. The molecule has 102 valence electrons. The van der Waals surface area contributed by atoms with Crippen LogP contribution in [0, 0.1) is 0 Å². The lowest BCUT2D eigenvalue weighted by molar-refractivity contribution is 0.166. The predicted molar refractivity (Wildman–Crippen MR) is 74.6 cm³/mol. The Bertz CT molecular complexity index is 202. The SMILES string of the molecule is CCO[Si](C)(OCC)C(CC)C1CCCCN1. The third kappa shape index (κ3) is 4.05. The van der Waals surface area contributed by atoms with E-state index in [1.54, 1.807) is 0 Å². The van der Waals surface area contributed by atoms with E-state index in [2.05, 4.69) is 32.6 Å². The second-order valence-electron chi connectivity index (χ2n) is 4.95. The molecule has 0 spiro atoms. The highest BCUT2D eigenvalue weighted by Crippen LogP contribution is 2.34. The summed E-state index contributed by atoms with van der Waals surface area (Å²) in [7, 11) is -2.03. The topological polar surface area (TPSA) is 30.5 Å². The molecule has 1 fully saturated rings. The first-order valence-electron chi connectivity index (χ1n) is 7.19. The van der Waals surface area contributed by atoms with Gasteiger partial charge in [-0.25, -0.2) is 0 Å². The largest absolute Gasteiger partial charge is 0.394 e. The molecule has 1 N–H and O–H groups in total. The first-order valence-corrected chi connectivity index (χ1v) is 9.58. The molecule has 3 nitrogen and oxygen atoms in total. The fourth-order valence-corrected chi connectivity index (χ4v) is 6.49. The highest BCUT2D eigenvalue weighted by molar-refractivity contribution is 6.67. The maximum absolute atomic E-state index is 6.05. The van der Waals surface area contributed by atoms with Gasteiger partial charge >= 0.3 is 8.56 Å². The van der Waals surface area contributed by atoms with Crippen molar-refractivity contribution in [2.75, 3.05) is 19.8 Å². The highest BCUT2D eigenvalue weighted by Gasteiger charge is 2.44. The van der Waals surface area contributed by atoms with E-state index in [9.17, 15) is 0 Å². The Morgan fingerprint density at radius 2 is 1.82 bits per heavy atom. The van der Waals surface area contributed by atoms with Crippen LogP contribution < -0.4 is 5.32 Å². The average molecular weight is 259 g/mol. The summed E-state index contributed by atoms with van der Waals surface area (Å²) in [5.74, 6) is 0. The summed E-state index contributed by atoms with van der Waals surface area (Å²) >= 11 is 0. The molecule has 0 bridgehead atoms. The van der Waals surface area contributed by atoms with Crippen molar-refractivity contribution in [1.82, 2.24) is 5.32 Å². The first-order chi connectivity index (χ1) is 8.18. The van der Waals surface area contributed by atoms with E-state index >= 15 is 0 Å². The van der Waals surface area contributed by atoms with E-state index in [0.29, 0.717) is 11.6 Å². The van der Waals surface area contributed by atoms with Gasteiger partial charge in [0.25, 0.3) is 0 Å². The second kappa shape index (κ2) is 7.51. The molecule has 1 rings (SSSR count). The number of piperidine rings is 1. The van der Waals surface area contributed by atoms with Crippen LogP contribution in [-0.4, -0.2) is 34.4 Å². The van der Waals surface area contributed by atoms with Crippen LogP contribution in [0.25, 0.3) is 0 Å². The van der Waals surface area contributed by atoms with Crippen LogP contribution in [-0.2, 0) is 8.85 Å². The Hall–Kier alpha value is 0.0969. The standard InChI is InChI=1S/C13H29NO2Si/c1-5-13(12-10-8-9-11-14-12)17(4,15-6-2)16-7-3/h12-14H,5-11H2,1-4H3. The second-order valence-corrected chi connectivity index (χ2v) is 8.30. The Labute approximate surface area is 108 Å². The zero-order valence-corrected chi connectivity index (χ0v) is 12.9. The maximum atomic E-state index is 6.05. The van der Waals surface area contributed by atoms with Gasteiger partial charge < -0.3 is 14.2 Å². The maximum Gasteiger partial charge on any atom is 0.339 e. The van der Waals surface area contributed by atoms with Crippen LogP contribution in [0.3, 0.4) is 0 Å². The molecule has 0 aromatic carbocycles. The number of hydrogen-bond donors (Lipinski definition) is 1. The molecule has 2 atom stereocenters. The van der Waals surface area contributed by atoms with Crippen LogP contribution in [0.4, 0.5) is 0 Å². The average Bonchev–Trinajstić information content (AvgIpc) is 2.31. The minimum absolute atomic E-state index is 0.572. The zero-order valence-electron chi connectivity index (χ0n) is 11.9. The van der Waals surface area contributed by atoms with E-state index in [1.807, 2.05) is 0 Å². The van der Waals surface area contributed by atoms with Crippen molar-refractivity contribution in [3.63, 3.8) is 0 Å². The van der Waals surface area contributed by atoms with Crippen molar-refractivity contribution in [2.45, 2.75) is 64.6 Å². The molecule has 17 heavy (non-hydrogen) atoms. The summed E-state index contributed by atoms with van der Waals surface area (Å²) in [6.07, 6.45) is 5.09. The van der Waals surface area contributed by atoms with E-state index in [4.69, 9.17) is 8.85 Å². The Morgan fingerprint density at radius 3 is 2.24 bits per heavy atom. The van der Waals surface area contributed by atoms with Crippen molar-refractivity contribution >= 4 is 8.56 Å². The fraction of sp³-hybridized carbons (Fsp3) is 1.00. The quantitative estimate of drug-likeness (QED) is 0.713. The van der Waals surface area contributed by atoms with Gasteiger partial charge in [0.05, 0.1) is 0 Å². The van der Waals surface area contributed by atoms with Gasteiger partial charge in [-0.15, -0.1) is 0 Å². The lowest BCUT2D eigenvalue weighted by Gasteiger charge is -2.40. The van der Waals surface area contributed by atoms with Crippen molar-refractivity contribution in [1.29, 1.82) is 0 Å². The summed E-state index contributed by atoms with van der Waals surface area (Å²) in [5.41, 5.74) is 0.572. The zero-order chi connectivity index (χ0) is 12.7. The molecule has 1 aliphatic heterocycles. The molecule has 0 aromatic rings. The van der Waals surface area contributed by atoms with Crippen LogP contribution in [0.5, 0.6) is 0 Å². The van der Waals surface area contributed by atoms with Gasteiger partial charge in [-0.3, -0.25) is 0 Å². The molecular formula is C13H29NO2Si. The molecule has 1 aliphatic rings. The third-order valence-electron chi connectivity index (χ3n) is 3.81. The van der Waals surface area contributed by atoms with E-state index in [1.165, 1.54) is 19.3 Å². The van der Waals surface area contributed by atoms with Gasteiger partial charge in [0.1, 0.15) is 0 Å². The number of hydrogen-bond acceptors (Lipinski definition) is 3. The normalized spacial score (nSPS) is 23.6. The Balaban J connectivity index is 2.71. The van der Waals surface area contributed by atoms with Gasteiger partial charge in [0, 0.05) is 24.8 Å². The van der Waals surface area contributed by atoms with E-state index in [0.717, 1.165) is 26.2 Å². The van der Waals surface area contributed by atoms with Gasteiger partial charge in [-0.1, -0.05) is 13.3 Å². The fourth-order valence-electron chi connectivity index (χ4n) is 3.07. The minimum atomic E-state index is -2.03. The van der Waals surface area contributed by atoms with Gasteiger partial charge in [0.15, 0.2) is 0 Å². The van der Waals surface area contributed by atoms with Crippen molar-refractivity contribution < 1.29 is 8.85 Å². The Morgan fingerprint density at radius 1 is 1.18 bits per heavy atom. The molecule has 0 aromatic heterocycles. The first kappa shape index (κ1) is 15.2. The van der Waals surface area contributed by atoms with Crippen molar-refractivity contribution in [3.05, 3.63) is 0 Å². The Kier molecular flexibility index (Phi) is 6.70. The van der Waals surface area contributed by atoms with Gasteiger partial charge in [0.2, 0.25) is 0 Å².